The molecule has 0 aromatic rings. The fourth-order valence-corrected chi connectivity index (χ4v) is 15.3. The summed E-state index contributed by atoms with van der Waals surface area (Å²) >= 11 is 0. The van der Waals surface area contributed by atoms with Crippen molar-refractivity contribution >= 4 is 39.5 Å². The van der Waals surface area contributed by atoms with Crippen molar-refractivity contribution in [2.45, 2.75) is 490 Å². The molecule has 0 aromatic heterocycles. The van der Waals surface area contributed by atoms with E-state index in [1.165, 1.54) is 289 Å². The zero-order valence-corrected chi connectivity index (χ0v) is 72.2. The van der Waals surface area contributed by atoms with Crippen LogP contribution in [0.4, 0.5) is 0 Å². The van der Waals surface area contributed by atoms with Gasteiger partial charge in [0.25, 0.3) is 0 Å². The molecule has 107 heavy (non-hydrogen) atoms. The Bertz CT molecular complexity index is 2050. The van der Waals surface area contributed by atoms with E-state index < -0.39 is 97.5 Å². The monoisotopic (exact) mass is 1560 g/mol. The molecular formula is C88H172O17P2. The second-order valence-corrected chi connectivity index (χ2v) is 35.3. The van der Waals surface area contributed by atoms with Crippen molar-refractivity contribution in [2.24, 2.45) is 11.8 Å². The molecule has 0 heterocycles. The van der Waals surface area contributed by atoms with Crippen LogP contribution in [0.3, 0.4) is 0 Å². The Morgan fingerprint density at radius 3 is 0.710 bits per heavy atom. The molecule has 0 spiro atoms. The first-order valence-corrected chi connectivity index (χ1v) is 48.5. The quantitative estimate of drug-likeness (QED) is 0.0222. The maximum Gasteiger partial charge on any atom is 0.472 e. The lowest BCUT2D eigenvalue weighted by Crippen LogP contribution is -2.30. The molecule has 0 radical (unpaired) electrons. The number of ether oxygens (including phenoxy) is 4. The molecule has 0 aromatic carbocycles. The SMILES string of the molecule is CCCCCCCCCCCCCCCCCCCCCC(=O)OC[C@H](COP(=O)(O)OC[C@@H](O)COP(=O)(O)OC[C@@H](COC(=O)CCCCCCCCCCCC(C)C)OC(=O)CCCCCCCCCCCCCCCC)OC(=O)CCCCCCCCCCCCCCCCCCCCC(C)CC. The first-order valence-electron chi connectivity index (χ1n) is 45.5. The van der Waals surface area contributed by atoms with E-state index >= 15 is 0 Å². The van der Waals surface area contributed by atoms with Crippen molar-refractivity contribution < 1.29 is 80.2 Å². The summed E-state index contributed by atoms with van der Waals surface area (Å²) in [5.74, 6) is -0.484. The summed E-state index contributed by atoms with van der Waals surface area (Å²) in [5, 5.41) is 10.7. The van der Waals surface area contributed by atoms with Crippen molar-refractivity contribution in [2.75, 3.05) is 39.6 Å². The second kappa shape index (κ2) is 79.3. The van der Waals surface area contributed by atoms with Crippen molar-refractivity contribution in [3.63, 3.8) is 0 Å². The van der Waals surface area contributed by atoms with Gasteiger partial charge in [-0.1, -0.05) is 420 Å². The van der Waals surface area contributed by atoms with Crippen LogP contribution in [0.25, 0.3) is 0 Å². The maximum absolute atomic E-state index is 13.2. The zero-order chi connectivity index (χ0) is 78.5. The van der Waals surface area contributed by atoms with E-state index in [0.717, 1.165) is 102 Å². The largest absolute Gasteiger partial charge is 0.472 e. The first-order chi connectivity index (χ1) is 51.9. The zero-order valence-electron chi connectivity index (χ0n) is 70.5. The van der Waals surface area contributed by atoms with Gasteiger partial charge < -0.3 is 33.8 Å². The molecule has 3 unspecified atom stereocenters. The van der Waals surface area contributed by atoms with E-state index in [1.54, 1.807) is 0 Å². The Hall–Kier alpha value is -1.94. The molecule has 19 heteroatoms. The molecular weight excluding hydrogens is 1390 g/mol. The molecule has 0 amide bonds. The van der Waals surface area contributed by atoms with Crippen LogP contribution in [0, 0.1) is 11.8 Å². The van der Waals surface area contributed by atoms with Crippen LogP contribution >= 0.6 is 15.6 Å². The van der Waals surface area contributed by atoms with Crippen LogP contribution in [0.5, 0.6) is 0 Å². The number of phosphoric acid groups is 2. The van der Waals surface area contributed by atoms with Gasteiger partial charge in [-0.2, -0.15) is 0 Å². The number of aliphatic hydroxyl groups is 1. The fourth-order valence-electron chi connectivity index (χ4n) is 13.7. The summed E-state index contributed by atoms with van der Waals surface area (Å²) in [7, 11) is -9.93. The highest BCUT2D eigenvalue weighted by atomic mass is 31.2. The second-order valence-electron chi connectivity index (χ2n) is 32.4. The minimum atomic E-state index is -4.97. The molecule has 0 saturated heterocycles. The van der Waals surface area contributed by atoms with Gasteiger partial charge in [-0.15, -0.1) is 0 Å². The smallest absolute Gasteiger partial charge is 0.462 e. The van der Waals surface area contributed by atoms with E-state index in [1.807, 2.05) is 0 Å². The van der Waals surface area contributed by atoms with E-state index in [4.69, 9.17) is 37.0 Å². The third-order valence-corrected chi connectivity index (χ3v) is 23.0. The third-order valence-electron chi connectivity index (χ3n) is 21.1. The van der Waals surface area contributed by atoms with Crippen LogP contribution in [-0.2, 0) is 65.4 Å². The average Bonchev–Trinajstić information content (AvgIpc) is 0.898. The number of aliphatic hydroxyl groups excluding tert-OH is 1. The third kappa shape index (κ3) is 80.5. The van der Waals surface area contributed by atoms with Gasteiger partial charge in [0.1, 0.15) is 19.3 Å². The summed E-state index contributed by atoms with van der Waals surface area (Å²) in [5.41, 5.74) is 0. The highest BCUT2D eigenvalue weighted by Gasteiger charge is 2.31. The molecule has 0 fully saturated rings. The van der Waals surface area contributed by atoms with Gasteiger partial charge >= 0.3 is 39.5 Å². The number of unbranched alkanes of at least 4 members (excludes halogenated alkanes) is 56. The van der Waals surface area contributed by atoms with Crippen LogP contribution in [0.15, 0.2) is 0 Å². The number of rotatable bonds is 87. The minimum absolute atomic E-state index is 0.108. The molecule has 0 aliphatic carbocycles. The Kier molecular flexibility index (Phi) is 77.9. The summed E-state index contributed by atoms with van der Waals surface area (Å²) in [6, 6.07) is 0. The topological polar surface area (TPSA) is 237 Å². The summed E-state index contributed by atoms with van der Waals surface area (Å²) in [4.78, 5) is 73.3. The van der Waals surface area contributed by atoms with Gasteiger partial charge in [0.15, 0.2) is 12.2 Å². The normalized spacial score (nSPS) is 14.0. The molecule has 0 bridgehead atoms. The lowest BCUT2D eigenvalue weighted by atomic mass is 9.99. The molecule has 0 aliphatic heterocycles. The molecule has 0 rings (SSSR count). The number of hydrogen-bond donors (Lipinski definition) is 3. The number of esters is 4. The summed E-state index contributed by atoms with van der Waals surface area (Å²) in [6.45, 7) is 9.73. The lowest BCUT2D eigenvalue weighted by Gasteiger charge is -2.21. The molecule has 0 saturated carbocycles. The van der Waals surface area contributed by atoms with Gasteiger partial charge in [-0.25, -0.2) is 9.13 Å². The molecule has 6 atom stereocenters. The first kappa shape index (κ1) is 105. The number of hydrogen-bond acceptors (Lipinski definition) is 15. The van der Waals surface area contributed by atoms with Crippen LogP contribution in [0.2, 0.25) is 0 Å². The van der Waals surface area contributed by atoms with Crippen LogP contribution in [0.1, 0.15) is 472 Å². The predicted octanol–water partition coefficient (Wildman–Crippen LogP) is 27.0. The Morgan fingerprint density at radius 2 is 0.477 bits per heavy atom. The number of carbonyl (C=O) groups is 4. The van der Waals surface area contributed by atoms with E-state index in [-0.39, 0.29) is 25.7 Å². The Morgan fingerprint density at radius 1 is 0.271 bits per heavy atom. The van der Waals surface area contributed by atoms with Crippen molar-refractivity contribution in [3.8, 4) is 0 Å². The Balaban J connectivity index is 5.24. The Labute approximate surface area is 658 Å². The predicted molar refractivity (Wildman–Crippen MR) is 442 cm³/mol. The molecule has 3 N–H and O–H groups in total. The van der Waals surface area contributed by atoms with Gasteiger partial charge in [0.05, 0.1) is 26.4 Å². The lowest BCUT2D eigenvalue weighted by molar-refractivity contribution is -0.161. The summed E-state index contributed by atoms with van der Waals surface area (Å²) in [6.07, 6.45) is 72.2. The van der Waals surface area contributed by atoms with Gasteiger partial charge in [0.2, 0.25) is 0 Å². The fraction of sp³-hybridized carbons (Fsp3) is 0.955. The standard InChI is InChI=1S/C88H172O17P2/c1-7-10-12-14-16-18-20-22-24-25-26-30-33-37-40-46-52-58-64-70-85(90)98-76-83(104-88(93)73-67-61-55-48-42-38-34-31-28-27-29-32-35-39-45-51-57-63-69-81(6)9-3)78-102-106(94,95)100-74-82(89)75-101-107(96,97)103-79-84(77-99-86(91)71-65-59-53-49-43-44-50-56-62-68-80(4)5)105-87(92)72-66-60-54-47-41-36-23-21-19-17-15-13-11-8-2/h80-84,89H,7-79H2,1-6H3,(H,94,95)(H,96,97)/t81?,82-,83-,84-/m1/s1. The van der Waals surface area contributed by atoms with Gasteiger partial charge in [-0.05, 0) is 37.5 Å². The minimum Gasteiger partial charge on any atom is -0.462 e. The van der Waals surface area contributed by atoms with Crippen molar-refractivity contribution in [1.82, 2.24) is 0 Å². The average molecular weight is 1560 g/mol. The van der Waals surface area contributed by atoms with Crippen LogP contribution < -0.4 is 0 Å². The van der Waals surface area contributed by atoms with Gasteiger partial charge in [-0.3, -0.25) is 37.3 Å². The highest BCUT2D eigenvalue weighted by Crippen LogP contribution is 2.45. The molecule has 0 aliphatic rings. The highest BCUT2D eigenvalue weighted by molar-refractivity contribution is 7.47. The summed E-state index contributed by atoms with van der Waals surface area (Å²) < 4.78 is 69.0. The number of phosphoric ester groups is 2. The maximum atomic E-state index is 13.2. The van der Waals surface area contributed by atoms with Crippen LogP contribution in [-0.4, -0.2) is 96.7 Å². The van der Waals surface area contributed by atoms with E-state index in [2.05, 4.69) is 41.5 Å². The molecule has 17 nitrogen and oxygen atoms in total. The molecule has 636 valence electrons. The van der Waals surface area contributed by atoms with E-state index in [9.17, 15) is 43.2 Å². The van der Waals surface area contributed by atoms with Crippen molar-refractivity contribution in [1.29, 1.82) is 0 Å². The van der Waals surface area contributed by atoms with Crippen molar-refractivity contribution in [3.05, 3.63) is 0 Å². The van der Waals surface area contributed by atoms with Gasteiger partial charge in [0, 0.05) is 25.7 Å². The van der Waals surface area contributed by atoms with E-state index in [0.29, 0.717) is 25.7 Å². The number of carbonyl (C=O) groups excluding carboxylic acids is 4.